The van der Waals surface area contributed by atoms with Gasteiger partial charge in [-0.2, -0.15) is 0 Å². The van der Waals surface area contributed by atoms with Crippen LogP contribution in [-0.4, -0.2) is 26.7 Å². The zero-order chi connectivity index (χ0) is 19.0. The lowest BCUT2D eigenvalue weighted by molar-refractivity contribution is -0.121. The number of rotatable bonds is 4. The number of carbonyl (C=O) groups excluding carboxylic acids is 2. The minimum absolute atomic E-state index is 0.0425. The Hall–Kier alpha value is -2.65. The van der Waals surface area contributed by atoms with Gasteiger partial charge in [0.25, 0.3) is 5.56 Å². The van der Waals surface area contributed by atoms with Gasteiger partial charge in [0.2, 0.25) is 11.8 Å². The predicted molar refractivity (Wildman–Crippen MR) is 107 cm³/mol. The zero-order valence-electron chi connectivity index (χ0n) is 14.4. The Morgan fingerprint density at radius 2 is 2.15 bits per heavy atom. The number of carbonyl (C=O) groups is 2. The fourth-order valence-corrected chi connectivity index (χ4v) is 4.84. The minimum Gasteiger partial charge on any atom is -0.324 e. The summed E-state index contributed by atoms with van der Waals surface area (Å²) >= 11 is 2.81. The summed E-state index contributed by atoms with van der Waals surface area (Å²) in [4.78, 5) is 44.0. The fourth-order valence-electron chi connectivity index (χ4n) is 2.80. The van der Waals surface area contributed by atoms with Gasteiger partial charge in [0.15, 0.2) is 0 Å². The molecule has 1 aliphatic rings. The Kier molecular flexibility index (Phi) is 4.71. The smallest absolute Gasteiger partial charge is 0.280 e. The molecule has 1 unspecified atom stereocenters. The van der Waals surface area contributed by atoms with Crippen LogP contribution >= 0.6 is 23.1 Å². The van der Waals surface area contributed by atoms with E-state index in [9.17, 15) is 14.4 Å². The number of benzene rings is 1. The SMILES string of the molecule is CCc1cc2c(=O)n(NC(=O)CC3Sc4ccccc4NC3=O)cnc2s1. The van der Waals surface area contributed by atoms with Gasteiger partial charge in [-0.3, -0.25) is 19.8 Å². The van der Waals surface area contributed by atoms with Crippen molar-refractivity contribution in [2.45, 2.75) is 29.9 Å². The quantitative estimate of drug-likeness (QED) is 0.702. The number of fused-ring (bicyclic) bond motifs is 2. The Morgan fingerprint density at radius 3 is 2.96 bits per heavy atom. The second kappa shape index (κ2) is 7.16. The molecule has 2 aromatic heterocycles. The van der Waals surface area contributed by atoms with Crippen molar-refractivity contribution < 1.29 is 9.59 Å². The van der Waals surface area contributed by atoms with Gasteiger partial charge < -0.3 is 5.32 Å². The molecule has 0 radical (unpaired) electrons. The summed E-state index contributed by atoms with van der Waals surface area (Å²) < 4.78 is 1.08. The first kappa shape index (κ1) is 17.7. The average Bonchev–Trinajstić information content (AvgIpc) is 3.09. The summed E-state index contributed by atoms with van der Waals surface area (Å²) in [6.45, 7) is 2.01. The second-order valence-electron chi connectivity index (χ2n) is 6.04. The van der Waals surface area contributed by atoms with E-state index >= 15 is 0 Å². The first-order chi connectivity index (χ1) is 13.0. The van der Waals surface area contributed by atoms with Crippen molar-refractivity contribution in [2.75, 3.05) is 10.7 Å². The van der Waals surface area contributed by atoms with Crippen LogP contribution in [-0.2, 0) is 16.0 Å². The normalized spacial score (nSPS) is 16.0. The summed E-state index contributed by atoms with van der Waals surface area (Å²) in [7, 11) is 0. The monoisotopic (exact) mass is 400 g/mol. The molecule has 138 valence electrons. The molecular formula is C18H16N4O3S2. The first-order valence-electron chi connectivity index (χ1n) is 8.41. The topological polar surface area (TPSA) is 93.1 Å². The second-order valence-corrected chi connectivity index (χ2v) is 8.40. The van der Waals surface area contributed by atoms with Crippen LogP contribution in [0, 0.1) is 0 Å². The van der Waals surface area contributed by atoms with Crippen LogP contribution in [0.25, 0.3) is 10.2 Å². The molecule has 9 heteroatoms. The van der Waals surface area contributed by atoms with Crippen molar-refractivity contribution >= 4 is 50.8 Å². The number of anilines is 1. The summed E-state index contributed by atoms with van der Waals surface area (Å²) in [6, 6.07) is 9.25. The molecule has 4 rings (SSSR count). The Morgan fingerprint density at radius 1 is 1.33 bits per heavy atom. The Bertz CT molecular complexity index is 1110. The fraction of sp³-hybridized carbons (Fsp3) is 0.222. The van der Waals surface area contributed by atoms with E-state index < -0.39 is 11.2 Å². The number of hydrogen-bond acceptors (Lipinski definition) is 6. The van der Waals surface area contributed by atoms with Crippen LogP contribution < -0.4 is 16.3 Å². The minimum atomic E-state index is -0.555. The number of aromatic nitrogens is 2. The molecule has 0 spiro atoms. The van der Waals surface area contributed by atoms with Gasteiger partial charge in [-0.25, -0.2) is 9.66 Å². The number of nitrogens with zero attached hydrogens (tertiary/aromatic N) is 2. The van der Waals surface area contributed by atoms with Gasteiger partial charge in [-0.1, -0.05) is 19.1 Å². The van der Waals surface area contributed by atoms with Crippen molar-refractivity contribution in [2.24, 2.45) is 0 Å². The lowest BCUT2D eigenvalue weighted by Gasteiger charge is -2.23. The van der Waals surface area contributed by atoms with Gasteiger partial charge in [0, 0.05) is 16.2 Å². The standard InChI is InChI=1S/C18H16N4O3S2/c1-2-10-7-11-17(26-10)19-9-22(18(11)25)21-15(23)8-14-16(24)20-12-5-3-4-6-13(12)27-14/h3-7,9,14H,2,8H2,1H3,(H,20,24)(H,21,23). The number of thiophene rings is 1. The van der Waals surface area contributed by atoms with E-state index in [4.69, 9.17) is 0 Å². The van der Waals surface area contributed by atoms with E-state index in [1.807, 2.05) is 31.2 Å². The highest BCUT2D eigenvalue weighted by Crippen LogP contribution is 2.36. The third kappa shape index (κ3) is 3.47. The lowest BCUT2D eigenvalue weighted by atomic mass is 10.2. The van der Waals surface area contributed by atoms with Crippen molar-refractivity contribution in [3.05, 3.63) is 51.9 Å². The molecule has 0 bridgehead atoms. The lowest BCUT2D eigenvalue weighted by Crippen LogP contribution is -2.37. The highest BCUT2D eigenvalue weighted by molar-refractivity contribution is 8.01. The molecule has 1 atom stereocenters. The molecule has 0 aliphatic carbocycles. The summed E-state index contributed by atoms with van der Waals surface area (Å²) in [5, 5.41) is 2.73. The van der Waals surface area contributed by atoms with Gasteiger partial charge in [0.1, 0.15) is 11.2 Å². The molecule has 0 saturated carbocycles. The maximum atomic E-state index is 12.5. The molecule has 0 saturated heterocycles. The van der Waals surface area contributed by atoms with Crippen LogP contribution in [0.2, 0.25) is 0 Å². The Balaban J connectivity index is 1.50. The van der Waals surface area contributed by atoms with Crippen LogP contribution in [0.15, 0.2) is 46.3 Å². The maximum absolute atomic E-state index is 12.5. The van der Waals surface area contributed by atoms with Gasteiger partial charge in [0.05, 0.1) is 16.3 Å². The molecule has 2 N–H and O–H groups in total. The zero-order valence-corrected chi connectivity index (χ0v) is 16.0. The van der Waals surface area contributed by atoms with Crippen molar-refractivity contribution in [3.63, 3.8) is 0 Å². The number of thioether (sulfide) groups is 1. The van der Waals surface area contributed by atoms with Gasteiger partial charge in [-0.05, 0) is 24.6 Å². The molecule has 7 nitrogen and oxygen atoms in total. The van der Waals surface area contributed by atoms with Crippen LogP contribution in [0.3, 0.4) is 0 Å². The summed E-state index contributed by atoms with van der Waals surface area (Å²) in [6.07, 6.45) is 2.09. The van der Waals surface area contributed by atoms with E-state index in [0.717, 1.165) is 26.6 Å². The van der Waals surface area contributed by atoms with Gasteiger partial charge in [-0.15, -0.1) is 23.1 Å². The number of hydrogen-bond donors (Lipinski definition) is 2. The molecular weight excluding hydrogens is 384 g/mol. The average molecular weight is 400 g/mol. The van der Waals surface area contributed by atoms with E-state index in [1.165, 1.54) is 29.4 Å². The molecule has 1 aliphatic heterocycles. The summed E-state index contributed by atoms with van der Waals surface area (Å²) in [5.41, 5.74) is 2.96. The van der Waals surface area contributed by atoms with E-state index in [1.54, 1.807) is 6.07 Å². The van der Waals surface area contributed by atoms with Crippen molar-refractivity contribution in [1.29, 1.82) is 0 Å². The molecule has 1 aromatic carbocycles. The number of nitrogens with one attached hydrogen (secondary N) is 2. The number of para-hydroxylation sites is 1. The number of amides is 2. The predicted octanol–water partition coefficient (Wildman–Crippen LogP) is 2.59. The largest absolute Gasteiger partial charge is 0.324 e. The van der Waals surface area contributed by atoms with Crippen LogP contribution in [0.4, 0.5) is 5.69 Å². The van der Waals surface area contributed by atoms with Crippen molar-refractivity contribution in [1.82, 2.24) is 9.66 Å². The first-order valence-corrected chi connectivity index (χ1v) is 10.1. The van der Waals surface area contributed by atoms with Crippen LogP contribution in [0.1, 0.15) is 18.2 Å². The molecule has 3 aromatic rings. The van der Waals surface area contributed by atoms with Crippen molar-refractivity contribution in [3.8, 4) is 0 Å². The number of aryl methyl sites for hydroxylation is 1. The molecule has 27 heavy (non-hydrogen) atoms. The van der Waals surface area contributed by atoms with Gasteiger partial charge >= 0.3 is 0 Å². The third-order valence-electron chi connectivity index (χ3n) is 4.17. The van der Waals surface area contributed by atoms with Crippen LogP contribution in [0.5, 0.6) is 0 Å². The van der Waals surface area contributed by atoms with E-state index in [0.29, 0.717) is 10.2 Å². The molecule has 2 amide bonds. The third-order valence-corrected chi connectivity index (χ3v) is 6.64. The Labute approximate surface area is 162 Å². The molecule has 3 heterocycles. The van der Waals surface area contributed by atoms with E-state index in [-0.39, 0.29) is 17.9 Å². The highest BCUT2D eigenvalue weighted by Gasteiger charge is 2.29. The highest BCUT2D eigenvalue weighted by atomic mass is 32.2. The molecule has 0 fully saturated rings. The van der Waals surface area contributed by atoms with E-state index in [2.05, 4.69) is 15.7 Å². The summed E-state index contributed by atoms with van der Waals surface area (Å²) in [5.74, 6) is -0.642. The maximum Gasteiger partial charge on any atom is 0.280 e.